The standard InChI is InChI=1S/C14H26N2O3/c1-10-5-4-6-12(7-10)8-15-9-13(14(18)19-3)16-11(2)17/h10,12-13,15H,4-9H2,1-3H3,(H,16,17). The summed E-state index contributed by atoms with van der Waals surface area (Å²) in [5, 5.41) is 5.88. The Balaban J connectivity index is 2.30. The molecule has 3 unspecified atom stereocenters. The lowest BCUT2D eigenvalue weighted by Gasteiger charge is -2.27. The molecule has 0 aromatic heterocycles. The summed E-state index contributed by atoms with van der Waals surface area (Å²) in [7, 11) is 1.33. The summed E-state index contributed by atoms with van der Waals surface area (Å²) in [6.45, 7) is 5.02. The number of rotatable bonds is 6. The van der Waals surface area contributed by atoms with Gasteiger partial charge in [-0.2, -0.15) is 0 Å². The minimum atomic E-state index is -0.594. The number of hydrogen-bond donors (Lipinski definition) is 2. The van der Waals surface area contributed by atoms with Crippen LogP contribution in [0.3, 0.4) is 0 Å². The van der Waals surface area contributed by atoms with Crippen LogP contribution >= 0.6 is 0 Å². The molecule has 1 rings (SSSR count). The van der Waals surface area contributed by atoms with Crippen LogP contribution in [0, 0.1) is 11.8 Å². The number of carbonyl (C=O) groups excluding carboxylic acids is 2. The monoisotopic (exact) mass is 270 g/mol. The summed E-state index contributed by atoms with van der Waals surface area (Å²) in [5.41, 5.74) is 0. The zero-order valence-electron chi connectivity index (χ0n) is 12.2. The molecule has 0 aromatic rings. The molecule has 5 heteroatoms. The van der Waals surface area contributed by atoms with E-state index >= 15 is 0 Å². The molecule has 1 saturated carbocycles. The predicted molar refractivity (Wildman–Crippen MR) is 73.6 cm³/mol. The maximum atomic E-state index is 11.5. The van der Waals surface area contributed by atoms with Gasteiger partial charge in [0.25, 0.3) is 0 Å². The number of carbonyl (C=O) groups is 2. The lowest BCUT2D eigenvalue weighted by atomic mass is 9.82. The number of hydrogen-bond acceptors (Lipinski definition) is 4. The lowest BCUT2D eigenvalue weighted by molar-refractivity contribution is -0.144. The van der Waals surface area contributed by atoms with E-state index in [0.29, 0.717) is 12.5 Å². The molecule has 3 atom stereocenters. The van der Waals surface area contributed by atoms with Gasteiger partial charge in [-0.1, -0.05) is 19.8 Å². The molecule has 2 N–H and O–H groups in total. The Morgan fingerprint density at radius 2 is 2.11 bits per heavy atom. The molecule has 1 amide bonds. The van der Waals surface area contributed by atoms with Crippen LogP contribution in [0.4, 0.5) is 0 Å². The van der Waals surface area contributed by atoms with Gasteiger partial charge in [0, 0.05) is 13.5 Å². The summed E-state index contributed by atoms with van der Waals surface area (Å²) in [6.07, 6.45) is 5.11. The van der Waals surface area contributed by atoms with Gasteiger partial charge < -0.3 is 15.4 Å². The van der Waals surface area contributed by atoms with E-state index in [-0.39, 0.29) is 5.91 Å². The molecule has 110 valence electrons. The number of ether oxygens (including phenoxy) is 1. The highest BCUT2D eigenvalue weighted by Crippen LogP contribution is 2.27. The smallest absolute Gasteiger partial charge is 0.329 e. The number of esters is 1. The zero-order valence-corrected chi connectivity index (χ0v) is 12.2. The summed E-state index contributed by atoms with van der Waals surface area (Å²) >= 11 is 0. The van der Waals surface area contributed by atoms with E-state index in [9.17, 15) is 9.59 Å². The first-order valence-corrected chi connectivity index (χ1v) is 7.08. The molecule has 1 aliphatic carbocycles. The van der Waals surface area contributed by atoms with E-state index in [2.05, 4.69) is 22.3 Å². The molecule has 0 saturated heterocycles. The molecular weight excluding hydrogens is 244 g/mol. The first kappa shape index (κ1) is 16.0. The molecule has 19 heavy (non-hydrogen) atoms. The molecule has 0 radical (unpaired) electrons. The fourth-order valence-electron chi connectivity index (χ4n) is 2.76. The third kappa shape index (κ3) is 6.05. The molecule has 1 fully saturated rings. The predicted octanol–water partition coefficient (Wildman–Crippen LogP) is 1.08. The minimum Gasteiger partial charge on any atom is -0.467 e. The van der Waals surface area contributed by atoms with E-state index in [4.69, 9.17) is 0 Å². The van der Waals surface area contributed by atoms with Gasteiger partial charge >= 0.3 is 5.97 Å². The summed E-state index contributed by atoms with van der Waals surface area (Å²) in [4.78, 5) is 22.5. The van der Waals surface area contributed by atoms with Crippen LogP contribution in [0.15, 0.2) is 0 Å². The maximum absolute atomic E-state index is 11.5. The topological polar surface area (TPSA) is 67.4 Å². The second kappa shape index (κ2) is 8.15. The third-order valence-electron chi connectivity index (χ3n) is 3.69. The lowest BCUT2D eigenvalue weighted by Crippen LogP contribution is -2.48. The van der Waals surface area contributed by atoms with Crippen molar-refractivity contribution in [2.75, 3.05) is 20.2 Å². The Hall–Kier alpha value is -1.10. The first-order chi connectivity index (χ1) is 9.02. The number of amides is 1. The van der Waals surface area contributed by atoms with Gasteiger partial charge in [-0.05, 0) is 31.2 Å². The molecule has 0 spiro atoms. The van der Waals surface area contributed by atoms with Crippen molar-refractivity contribution >= 4 is 11.9 Å². The van der Waals surface area contributed by atoms with Crippen molar-refractivity contribution in [1.82, 2.24) is 10.6 Å². The Bertz CT molecular complexity index is 307. The van der Waals surface area contributed by atoms with Crippen LogP contribution < -0.4 is 10.6 Å². The molecule has 0 bridgehead atoms. The van der Waals surface area contributed by atoms with Gasteiger partial charge in [-0.15, -0.1) is 0 Å². The van der Waals surface area contributed by atoms with E-state index in [0.717, 1.165) is 12.5 Å². The summed E-state index contributed by atoms with van der Waals surface area (Å²) in [5.74, 6) is 0.856. The fourth-order valence-corrected chi connectivity index (χ4v) is 2.76. The molecule has 0 heterocycles. The van der Waals surface area contributed by atoms with Crippen molar-refractivity contribution in [3.63, 3.8) is 0 Å². The van der Waals surface area contributed by atoms with Crippen LogP contribution in [0.25, 0.3) is 0 Å². The minimum absolute atomic E-state index is 0.219. The van der Waals surface area contributed by atoms with E-state index < -0.39 is 12.0 Å². The Morgan fingerprint density at radius 3 is 2.68 bits per heavy atom. The van der Waals surface area contributed by atoms with E-state index in [1.807, 2.05) is 0 Å². The Kier molecular flexibility index (Phi) is 6.84. The van der Waals surface area contributed by atoms with Crippen molar-refractivity contribution in [3.8, 4) is 0 Å². The van der Waals surface area contributed by atoms with Crippen LogP contribution in [0.1, 0.15) is 39.5 Å². The Morgan fingerprint density at radius 1 is 1.37 bits per heavy atom. The van der Waals surface area contributed by atoms with Crippen molar-refractivity contribution in [2.45, 2.75) is 45.6 Å². The normalized spacial score (nSPS) is 24.6. The highest BCUT2D eigenvalue weighted by atomic mass is 16.5. The van der Waals surface area contributed by atoms with Crippen LogP contribution in [-0.4, -0.2) is 38.1 Å². The highest BCUT2D eigenvalue weighted by molar-refractivity contribution is 5.83. The zero-order chi connectivity index (χ0) is 14.3. The molecule has 5 nitrogen and oxygen atoms in total. The average Bonchev–Trinajstić information content (AvgIpc) is 2.36. The molecule has 0 aromatic carbocycles. The van der Waals surface area contributed by atoms with Gasteiger partial charge in [0.05, 0.1) is 7.11 Å². The van der Waals surface area contributed by atoms with Crippen molar-refractivity contribution in [2.24, 2.45) is 11.8 Å². The van der Waals surface area contributed by atoms with Gasteiger partial charge in [-0.25, -0.2) is 4.79 Å². The van der Waals surface area contributed by atoms with Crippen molar-refractivity contribution in [3.05, 3.63) is 0 Å². The molecule has 0 aliphatic heterocycles. The SMILES string of the molecule is COC(=O)C(CNCC1CCCC(C)C1)NC(C)=O. The van der Waals surface area contributed by atoms with Crippen molar-refractivity contribution in [1.29, 1.82) is 0 Å². The maximum Gasteiger partial charge on any atom is 0.329 e. The quantitative estimate of drug-likeness (QED) is 0.709. The largest absolute Gasteiger partial charge is 0.467 e. The van der Waals surface area contributed by atoms with Crippen molar-refractivity contribution < 1.29 is 14.3 Å². The molecular formula is C14H26N2O3. The van der Waals surface area contributed by atoms with Crippen LogP contribution in [0.2, 0.25) is 0 Å². The molecule has 1 aliphatic rings. The Labute approximate surface area is 115 Å². The highest BCUT2D eigenvalue weighted by Gasteiger charge is 2.22. The number of nitrogens with one attached hydrogen (secondary N) is 2. The van der Waals surface area contributed by atoms with E-state index in [1.54, 1.807) is 0 Å². The summed E-state index contributed by atoms with van der Waals surface area (Å²) in [6, 6.07) is -0.594. The van der Waals surface area contributed by atoms with Crippen LogP contribution in [0.5, 0.6) is 0 Å². The van der Waals surface area contributed by atoms with E-state index in [1.165, 1.54) is 39.7 Å². The number of methoxy groups -OCH3 is 1. The summed E-state index contributed by atoms with van der Waals surface area (Å²) < 4.78 is 4.68. The van der Waals surface area contributed by atoms with Gasteiger partial charge in [-0.3, -0.25) is 4.79 Å². The average molecular weight is 270 g/mol. The second-order valence-electron chi connectivity index (χ2n) is 5.57. The second-order valence-corrected chi connectivity index (χ2v) is 5.57. The fraction of sp³-hybridized carbons (Fsp3) is 0.857. The first-order valence-electron chi connectivity index (χ1n) is 7.08. The van der Waals surface area contributed by atoms with Gasteiger partial charge in [0.15, 0.2) is 0 Å². The third-order valence-corrected chi connectivity index (χ3v) is 3.69. The van der Waals surface area contributed by atoms with Gasteiger partial charge in [0.2, 0.25) is 5.91 Å². The van der Waals surface area contributed by atoms with Gasteiger partial charge in [0.1, 0.15) is 6.04 Å². The van der Waals surface area contributed by atoms with Crippen LogP contribution in [-0.2, 0) is 14.3 Å².